The highest BCUT2D eigenvalue weighted by molar-refractivity contribution is 5.91. The molecule has 4 bridgehead atoms. The van der Waals surface area contributed by atoms with Crippen molar-refractivity contribution >= 4 is 5.71 Å². The average molecular weight is 209 g/mol. The van der Waals surface area contributed by atoms with Gasteiger partial charge < -0.3 is 9.94 Å². The summed E-state index contributed by atoms with van der Waals surface area (Å²) in [5.41, 5.74) is 1.11. The SMILES string of the molecule is CO/N=C(\CO)C12CC3CC(C1)C(C3)C2. The molecule has 0 spiro atoms. The van der Waals surface area contributed by atoms with Gasteiger partial charge in [0.1, 0.15) is 7.11 Å². The van der Waals surface area contributed by atoms with E-state index in [-0.39, 0.29) is 12.0 Å². The van der Waals surface area contributed by atoms with E-state index in [1.807, 2.05) is 0 Å². The van der Waals surface area contributed by atoms with Gasteiger partial charge in [-0.2, -0.15) is 0 Å². The molecule has 2 atom stereocenters. The second-order valence-electron chi connectivity index (χ2n) is 5.63. The first kappa shape index (κ1) is 9.64. The third-order valence-corrected chi connectivity index (χ3v) is 4.89. The maximum absolute atomic E-state index is 9.41. The Balaban J connectivity index is 1.89. The van der Waals surface area contributed by atoms with Gasteiger partial charge in [0.05, 0.1) is 12.3 Å². The van der Waals surface area contributed by atoms with E-state index in [2.05, 4.69) is 5.16 Å². The van der Waals surface area contributed by atoms with Crippen molar-refractivity contribution in [1.82, 2.24) is 0 Å². The third kappa shape index (κ3) is 1.25. The number of nitrogens with zero attached hydrogens (tertiary/aromatic N) is 1. The van der Waals surface area contributed by atoms with Gasteiger partial charge in [0.2, 0.25) is 0 Å². The Morgan fingerprint density at radius 1 is 1.33 bits per heavy atom. The number of hydrogen-bond donors (Lipinski definition) is 1. The lowest BCUT2D eigenvalue weighted by Crippen LogP contribution is -2.37. The molecule has 4 rings (SSSR count). The topological polar surface area (TPSA) is 41.8 Å². The van der Waals surface area contributed by atoms with Crippen LogP contribution in [-0.2, 0) is 4.84 Å². The molecular formula is C12H19NO2. The standard InChI is InChI=1S/C12H19NO2/c1-15-13-11(7-14)12-4-8-2-9(5-12)10(3-8)6-12/h8-10,14H,2-7H2,1H3/b13-11+. The second kappa shape index (κ2) is 3.21. The number of aliphatic hydroxyl groups is 1. The number of hydrogen-bond acceptors (Lipinski definition) is 3. The summed E-state index contributed by atoms with van der Waals surface area (Å²) >= 11 is 0. The van der Waals surface area contributed by atoms with Gasteiger partial charge in [-0.05, 0) is 49.9 Å². The molecule has 0 radical (unpaired) electrons. The van der Waals surface area contributed by atoms with Crippen molar-refractivity contribution < 1.29 is 9.94 Å². The molecule has 0 saturated heterocycles. The minimum atomic E-state index is 0.0694. The molecule has 0 amide bonds. The van der Waals surface area contributed by atoms with Crippen LogP contribution in [0.5, 0.6) is 0 Å². The van der Waals surface area contributed by atoms with Crippen molar-refractivity contribution in [3.63, 3.8) is 0 Å². The van der Waals surface area contributed by atoms with Gasteiger partial charge in [-0.15, -0.1) is 0 Å². The van der Waals surface area contributed by atoms with Crippen LogP contribution in [0, 0.1) is 23.2 Å². The summed E-state index contributed by atoms with van der Waals surface area (Å²) in [6, 6.07) is 0. The van der Waals surface area contributed by atoms with Crippen LogP contribution in [0.3, 0.4) is 0 Å². The van der Waals surface area contributed by atoms with E-state index >= 15 is 0 Å². The molecule has 15 heavy (non-hydrogen) atoms. The van der Waals surface area contributed by atoms with E-state index in [1.54, 1.807) is 7.11 Å². The van der Waals surface area contributed by atoms with Gasteiger partial charge in [0, 0.05) is 5.41 Å². The van der Waals surface area contributed by atoms with Crippen LogP contribution in [-0.4, -0.2) is 24.5 Å². The van der Waals surface area contributed by atoms with Crippen LogP contribution in [0.4, 0.5) is 0 Å². The highest BCUT2D eigenvalue weighted by atomic mass is 16.6. The van der Waals surface area contributed by atoms with Crippen molar-refractivity contribution in [2.24, 2.45) is 28.3 Å². The van der Waals surface area contributed by atoms with E-state index in [9.17, 15) is 5.11 Å². The highest BCUT2D eigenvalue weighted by Crippen LogP contribution is 2.64. The average Bonchev–Trinajstić information content (AvgIpc) is 2.63. The molecular weight excluding hydrogens is 190 g/mol. The van der Waals surface area contributed by atoms with E-state index < -0.39 is 0 Å². The quantitative estimate of drug-likeness (QED) is 0.569. The van der Waals surface area contributed by atoms with Crippen LogP contribution in [0.15, 0.2) is 5.16 Å². The zero-order valence-corrected chi connectivity index (χ0v) is 9.28. The molecule has 2 unspecified atom stereocenters. The third-order valence-electron chi connectivity index (χ3n) is 4.89. The van der Waals surface area contributed by atoms with Gasteiger partial charge in [0.25, 0.3) is 0 Å². The summed E-state index contributed by atoms with van der Waals surface area (Å²) < 4.78 is 0. The Hall–Kier alpha value is -0.570. The summed E-state index contributed by atoms with van der Waals surface area (Å²) in [6.07, 6.45) is 6.59. The lowest BCUT2D eigenvalue weighted by Gasteiger charge is -2.38. The molecule has 0 aliphatic heterocycles. The van der Waals surface area contributed by atoms with Gasteiger partial charge in [-0.25, -0.2) is 0 Å². The summed E-state index contributed by atoms with van der Waals surface area (Å²) in [5.74, 6) is 2.73. The van der Waals surface area contributed by atoms with Crippen molar-refractivity contribution in [2.45, 2.75) is 32.1 Å². The molecule has 0 aromatic rings. The predicted molar refractivity (Wildman–Crippen MR) is 57.5 cm³/mol. The molecule has 4 fully saturated rings. The molecule has 0 aromatic carbocycles. The van der Waals surface area contributed by atoms with E-state index in [1.165, 1.54) is 32.1 Å². The fourth-order valence-electron chi connectivity index (χ4n) is 4.57. The molecule has 4 saturated carbocycles. The normalized spacial score (nSPS) is 47.6. The van der Waals surface area contributed by atoms with Crippen molar-refractivity contribution in [2.75, 3.05) is 13.7 Å². The van der Waals surface area contributed by atoms with Gasteiger partial charge in [-0.3, -0.25) is 0 Å². The Morgan fingerprint density at radius 2 is 2.00 bits per heavy atom. The molecule has 4 aliphatic rings. The fourth-order valence-corrected chi connectivity index (χ4v) is 4.57. The van der Waals surface area contributed by atoms with Crippen LogP contribution in [0.2, 0.25) is 0 Å². The van der Waals surface area contributed by atoms with Crippen LogP contribution in [0.25, 0.3) is 0 Å². The maximum Gasteiger partial charge on any atom is 0.106 e. The minimum Gasteiger partial charge on any atom is -0.399 e. The largest absolute Gasteiger partial charge is 0.399 e. The van der Waals surface area contributed by atoms with Gasteiger partial charge in [-0.1, -0.05) is 5.16 Å². The molecule has 4 aliphatic carbocycles. The first-order valence-corrected chi connectivity index (χ1v) is 5.99. The number of oxime groups is 1. The molecule has 0 heterocycles. The zero-order valence-electron chi connectivity index (χ0n) is 9.28. The van der Waals surface area contributed by atoms with Crippen molar-refractivity contribution in [3.8, 4) is 0 Å². The summed E-state index contributed by atoms with van der Waals surface area (Å²) in [7, 11) is 1.57. The second-order valence-corrected chi connectivity index (χ2v) is 5.63. The van der Waals surface area contributed by atoms with E-state index in [0.29, 0.717) is 0 Å². The lowest BCUT2D eigenvalue weighted by atomic mass is 9.67. The Labute approximate surface area is 90.5 Å². The van der Waals surface area contributed by atoms with Gasteiger partial charge in [0.15, 0.2) is 0 Å². The number of aliphatic hydroxyl groups excluding tert-OH is 1. The predicted octanol–water partition coefficient (Wildman–Crippen LogP) is 1.81. The molecule has 0 aromatic heterocycles. The van der Waals surface area contributed by atoms with E-state index in [0.717, 1.165) is 23.5 Å². The highest BCUT2D eigenvalue weighted by Gasteiger charge is 2.57. The van der Waals surface area contributed by atoms with Crippen LogP contribution < -0.4 is 0 Å². The monoisotopic (exact) mass is 209 g/mol. The van der Waals surface area contributed by atoms with Crippen LogP contribution >= 0.6 is 0 Å². The van der Waals surface area contributed by atoms with Crippen molar-refractivity contribution in [3.05, 3.63) is 0 Å². The summed E-state index contributed by atoms with van der Waals surface area (Å²) in [6.45, 7) is 0.0694. The Kier molecular flexibility index (Phi) is 2.06. The van der Waals surface area contributed by atoms with Gasteiger partial charge >= 0.3 is 0 Å². The molecule has 1 N–H and O–H groups in total. The zero-order chi connectivity index (χ0) is 10.5. The number of rotatable bonds is 3. The first-order chi connectivity index (χ1) is 7.27. The van der Waals surface area contributed by atoms with Crippen molar-refractivity contribution in [1.29, 1.82) is 0 Å². The lowest BCUT2D eigenvalue weighted by molar-refractivity contribution is 0.173. The molecule has 3 heteroatoms. The Bertz CT molecular complexity index is 280. The fraction of sp³-hybridized carbons (Fsp3) is 0.917. The summed E-state index contributed by atoms with van der Waals surface area (Å²) in [4.78, 5) is 4.87. The summed E-state index contributed by atoms with van der Waals surface area (Å²) in [5, 5.41) is 13.5. The van der Waals surface area contributed by atoms with Crippen LogP contribution in [0.1, 0.15) is 32.1 Å². The Morgan fingerprint density at radius 3 is 2.47 bits per heavy atom. The smallest absolute Gasteiger partial charge is 0.106 e. The minimum absolute atomic E-state index is 0.0694. The first-order valence-electron chi connectivity index (χ1n) is 5.99. The molecule has 3 nitrogen and oxygen atoms in total. The molecule has 84 valence electrons. The van der Waals surface area contributed by atoms with E-state index in [4.69, 9.17) is 4.84 Å². The maximum atomic E-state index is 9.41.